The van der Waals surface area contributed by atoms with Crippen LogP contribution in [-0.2, 0) is 14.8 Å². The summed E-state index contributed by atoms with van der Waals surface area (Å²) in [5.41, 5.74) is 0. The number of carbonyl (C=O) groups is 2. The Morgan fingerprint density at radius 3 is 2.32 bits per heavy atom. The van der Waals surface area contributed by atoms with Gasteiger partial charge >= 0.3 is 12.1 Å². The van der Waals surface area contributed by atoms with E-state index in [1.165, 1.54) is 15.6 Å². The van der Waals surface area contributed by atoms with Crippen LogP contribution in [-0.4, -0.2) is 85.8 Å². The summed E-state index contributed by atoms with van der Waals surface area (Å²) in [7, 11) is -3.29. The summed E-state index contributed by atoms with van der Waals surface area (Å²) < 4.78 is 57.8. The van der Waals surface area contributed by atoms with Gasteiger partial charge in [0.15, 0.2) is 0 Å². The van der Waals surface area contributed by atoms with Crippen molar-refractivity contribution in [2.24, 2.45) is 0 Å². The van der Waals surface area contributed by atoms with Gasteiger partial charge in [0, 0.05) is 39.3 Å². The third kappa shape index (κ3) is 7.73. The van der Waals surface area contributed by atoms with Gasteiger partial charge in [-0.15, -0.1) is 11.3 Å². The maximum Gasteiger partial charge on any atom is 0.490 e. The second kappa shape index (κ2) is 10.7. The standard InChI is InChI=1S/C13H21N3O3S2.C2HF3O2/c1-2-15(13(17)12-4-3-10-20-12)9-11-21(18,19)16-7-5-14-6-8-16;3-2(4,5)1(6)7/h3-4,10,14H,2,5-9,11H2,1H3;(H,6,7). The number of hydrogen-bond donors (Lipinski definition) is 2. The fourth-order valence-electron chi connectivity index (χ4n) is 2.24. The van der Waals surface area contributed by atoms with E-state index in [1.807, 2.05) is 18.4 Å². The Morgan fingerprint density at radius 1 is 1.32 bits per heavy atom. The van der Waals surface area contributed by atoms with Crippen molar-refractivity contribution >= 4 is 33.2 Å². The van der Waals surface area contributed by atoms with E-state index in [9.17, 15) is 26.4 Å². The largest absolute Gasteiger partial charge is 0.490 e. The first-order valence-electron chi connectivity index (χ1n) is 8.30. The molecule has 1 saturated heterocycles. The van der Waals surface area contributed by atoms with Crippen molar-refractivity contribution in [3.63, 3.8) is 0 Å². The van der Waals surface area contributed by atoms with Gasteiger partial charge in [0.2, 0.25) is 10.0 Å². The molecule has 2 rings (SSSR count). The van der Waals surface area contributed by atoms with Crippen LogP contribution in [0.4, 0.5) is 13.2 Å². The lowest BCUT2D eigenvalue weighted by atomic mass is 10.4. The lowest BCUT2D eigenvalue weighted by molar-refractivity contribution is -0.192. The Kier molecular flexibility index (Phi) is 9.33. The zero-order chi connectivity index (χ0) is 21.4. The quantitative estimate of drug-likeness (QED) is 0.679. The SMILES string of the molecule is CCN(CCS(=O)(=O)N1CCNCC1)C(=O)c1cccs1.O=C(O)C(F)(F)F. The van der Waals surface area contributed by atoms with Gasteiger partial charge in [0.1, 0.15) is 0 Å². The van der Waals surface area contributed by atoms with Crippen molar-refractivity contribution in [3.8, 4) is 0 Å². The van der Waals surface area contributed by atoms with Gasteiger partial charge in [-0.25, -0.2) is 13.2 Å². The van der Waals surface area contributed by atoms with Crippen molar-refractivity contribution in [1.29, 1.82) is 0 Å². The molecule has 0 unspecified atom stereocenters. The molecule has 2 N–H and O–H groups in total. The predicted molar refractivity (Wildman–Crippen MR) is 97.8 cm³/mol. The molecule has 8 nitrogen and oxygen atoms in total. The molecule has 1 aromatic rings. The Bertz CT molecular complexity index is 733. The van der Waals surface area contributed by atoms with Crippen molar-refractivity contribution in [3.05, 3.63) is 22.4 Å². The number of nitrogens with zero attached hydrogens (tertiary/aromatic N) is 2. The minimum absolute atomic E-state index is 0.0159. The van der Waals surface area contributed by atoms with Gasteiger partial charge in [0.25, 0.3) is 5.91 Å². The second-order valence-electron chi connectivity index (χ2n) is 5.63. The van der Waals surface area contributed by atoms with Crippen molar-refractivity contribution < 1.29 is 36.3 Å². The predicted octanol–water partition coefficient (Wildman–Crippen LogP) is 1.08. The molecular formula is C15H22F3N3O5S2. The third-order valence-electron chi connectivity index (χ3n) is 3.73. The molecule has 0 spiro atoms. The lowest BCUT2D eigenvalue weighted by Crippen LogP contribution is -2.48. The van der Waals surface area contributed by atoms with Gasteiger partial charge in [-0.05, 0) is 18.4 Å². The number of alkyl halides is 3. The highest BCUT2D eigenvalue weighted by atomic mass is 32.2. The highest BCUT2D eigenvalue weighted by molar-refractivity contribution is 7.89. The number of amides is 1. The Labute approximate surface area is 165 Å². The fourth-order valence-corrected chi connectivity index (χ4v) is 4.38. The minimum Gasteiger partial charge on any atom is -0.475 e. The molecule has 2 heterocycles. The van der Waals surface area contributed by atoms with Gasteiger partial charge in [-0.1, -0.05) is 6.07 Å². The van der Waals surface area contributed by atoms with Gasteiger partial charge in [-0.2, -0.15) is 17.5 Å². The number of nitrogens with one attached hydrogen (secondary N) is 1. The maximum absolute atomic E-state index is 12.3. The normalized spacial score (nSPS) is 15.4. The van der Waals surface area contributed by atoms with Crippen LogP contribution < -0.4 is 5.32 Å². The smallest absolute Gasteiger partial charge is 0.475 e. The average molecular weight is 445 g/mol. The molecule has 1 aliphatic heterocycles. The summed E-state index contributed by atoms with van der Waals surface area (Å²) in [6, 6.07) is 3.59. The summed E-state index contributed by atoms with van der Waals surface area (Å²) in [5.74, 6) is -2.87. The molecule has 160 valence electrons. The van der Waals surface area contributed by atoms with Crippen LogP contribution in [0.1, 0.15) is 16.6 Å². The monoisotopic (exact) mass is 445 g/mol. The molecule has 1 amide bonds. The van der Waals surface area contributed by atoms with Gasteiger partial charge in [-0.3, -0.25) is 4.79 Å². The number of hydrogen-bond acceptors (Lipinski definition) is 6. The topological polar surface area (TPSA) is 107 Å². The first kappa shape index (κ1) is 24.3. The third-order valence-corrected chi connectivity index (χ3v) is 6.44. The first-order valence-corrected chi connectivity index (χ1v) is 10.8. The molecule has 1 aromatic heterocycles. The van der Waals surface area contributed by atoms with E-state index in [4.69, 9.17) is 9.90 Å². The second-order valence-corrected chi connectivity index (χ2v) is 8.67. The molecule has 0 bridgehead atoms. The van der Waals surface area contributed by atoms with Crippen LogP contribution >= 0.6 is 11.3 Å². The molecule has 0 aliphatic carbocycles. The number of rotatable bonds is 6. The van der Waals surface area contributed by atoms with E-state index in [1.54, 1.807) is 11.0 Å². The van der Waals surface area contributed by atoms with Crippen molar-refractivity contribution in [2.45, 2.75) is 13.1 Å². The summed E-state index contributed by atoms with van der Waals surface area (Å²) in [4.78, 5) is 23.4. The number of aliphatic carboxylic acids is 1. The number of carboxylic acid groups (broad SMARTS) is 1. The number of halogens is 3. The first-order chi connectivity index (χ1) is 13.0. The Morgan fingerprint density at radius 2 is 1.89 bits per heavy atom. The highest BCUT2D eigenvalue weighted by Crippen LogP contribution is 2.13. The number of sulfonamides is 1. The van der Waals surface area contributed by atoms with Gasteiger partial charge < -0.3 is 15.3 Å². The van der Waals surface area contributed by atoms with Crippen molar-refractivity contribution in [1.82, 2.24) is 14.5 Å². The summed E-state index contributed by atoms with van der Waals surface area (Å²) >= 11 is 1.38. The molecule has 13 heteroatoms. The fraction of sp³-hybridized carbons (Fsp3) is 0.600. The van der Waals surface area contributed by atoms with E-state index in [-0.39, 0.29) is 18.2 Å². The molecule has 28 heavy (non-hydrogen) atoms. The number of thiophene rings is 1. The molecule has 0 saturated carbocycles. The number of carbonyl (C=O) groups excluding carboxylic acids is 1. The van der Waals surface area contributed by atoms with E-state index in [0.29, 0.717) is 37.6 Å². The van der Waals surface area contributed by atoms with Crippen molar-refractivity contribution in [2.75, 3.05) is 45.0 Å². The zero-order valence-corrected chi connectivity index (χ0v) is 16.7. The van der Waals surface area contributed by atoms with Crippen LogP contribution in [0.15, 0.2) is 17.5 Å². The van der Waals surface area contributed by atoms with E-state index < -0.39 is 22.2 Å². The Hall–Kier alpha value is -1.70. The van der Waals surface area contributed by atoms with Crippen LogP contribution in [0.2, 0.25) is 0 Å². The minimum atomic E-state index is -5.08. The van der Waals surface area contributed by atoms with E-state index >= 15 is 0 Å². The molecule has 1 aliphatic rings. The van der Waals surface area contributed by atoms with Gasteiger partial charge in [0.05, 0.1) is 10.6 Å². The number of carboxylic acids is 1. The molecule has 0 atom stereocenters. The summed E-state index contributed by atoms with van der Waals surface area (Å²) in [6.07, 6.45) is -5.08. The molecular weight excluding hydrogens is 423 g/mol. The summed E-state index contributed by atoms with van der Waals surface area (Å²) in [5, 5.41) is 12.1. The number of piperazine rings is 1. The summed E-state index contributed by atoms with van der Waals surface area (Å²) in [6.45, 7) is 4.99. The molecule has 0 aromatic carbocycles. The zero-order valence-electron chi connectivity index (χ0n) is 15.1. The molecule has 1 fully saturated rings. The van der Waals surface area contributed by atoms with E-state index in [2.05, 4.69) is 5.32 Å². The van der Waals surface area contributed by atoms with E-state index in [0.717, 1.165) is 0 Å². The molecule has 0 radical (unpaired) electrons. The lowest BCUT2D eigenvalue weighted by Gasteiger charge is -2.28. The van der Waals surface area contributed by atoms with Crippen LogP contribution in [0, 0.1) is 0 Å². The maximum atomic E-state index is 12.3. The highest BCUT2D eigenvalue weighted by Gasteiger charge is 2.38. The Balaban J connectivity index is 0.000000480. The van der Waals surface area contributed by atoms with Crippen LogP contribution in [0.25, 0.3) is 0 Å². The van der Waals surface area contributed by atoms with Crippen LogP contribution in [0.3, 0.4) is 0 Å². The average Bonchev–Trinajstić information content (AvgIpc) is 3.17. The van der Waals surface area contributed by atoms with Crippen LogP contribution in [0.5, 0.6) is 0 Å².